The van der Waals surface area contributed by atoms with Crippen LogP contribution in [0.15, 0.2) is 85.6 Å². The van der Waals surface area contributed by atoms with Crippen LogP contribution in [0.2, 0.25) is 0 Å². The first kappa shape index (κ1) is 21.3. The number of benzene rings is 3. The predicted molar refractivity (Wildman–Crippen MR) is 136 cm³/mol. The monoisotopic (exact) mass is 451 g/mol. The van der Waals surface area contributed by atoms with E-state index in [1.807, 2.05) is 12.1 Å². The number of aliphatic hydroxyl groups is 1. The molecule has 5 atom stereocenters. The van der Waals surface area contributed by atoms with Gasteiger partial charge in [-0.05, 0) is 46.5 Å². The van der Waals surface area contributed by atoms with E-state index in [2.05, 4.69) is 60.1 Å². The molecule has 2 N–H and O–H groups in total. The van der Waals surface area contributed by atoms with E-state index >= 15 is 0 Å². The van der Waals surface area contributed by atoms with Gasteiger partial charge in [-0.3, -0.25) is 4.98 Å². The van der Waals surface area contributed by atoms with Crippen molar-refractivity contribution >= 4 is 21.7 Å². The van der Waals surface area contributed by atoms with E-state index in [9.17, 15) is 10.2 Å². The second-order valence-electron chi connectivity index (χ2n) is 10.2. The molecule has 0 radical (unpaired) electrons. The molecular formula is C30H31N2O2+. The molecule has 3 fully saturated rings. The lowest BCUT2D eigenvalue weighted by molar-refractivity contribution is -0.984. The molecule has 0 saturated carbocycles. The molecular weight excluding hydrogens is 420 g/mol. The third-order valence-electron chi connectivity index (χ3n) is 8.48. The number of nitrogens with zero attached hydrogens (tertiary/aromatic N) is 2. The molecule has 7 rings (SSSR count). The molecule has 3 aromatic carbocycles. The van der Waals surface area contributed by atoms with E-state index in [-0.39, 0.29) is 11.8 Å². The predicted octanol–water partition coefficient (Wildman–Crippen LogP) is 5.74. The summed E-state index contributed by atoms with van der Waals surface area (Å²) < 4.78 is 0.866. The molecule has 0 spiro atoms. The second kappa shape index (κ2) is 8.23. The summed E-state index contributed by atoms with van der Waals surface area (Å²) in [6, 6.07) is 22.4. The number of phenolic OH excluding ortho intramolecular Hbond substituents is 1. The van der Waals surface area contributed by atoms with E-state index in [0.717, 1.165) is 47.0 Å². The number of aromatic nitrogens is 1. The highest BCUT2D eigenvalue weighted by atomic mass is 16.3. The van der Waals surface area contributed by atoms with Crippen LogP contribution in [0.3, 0.4) is 0 Å². The lowest BCUT2D eigenvalue weighted by atomic mass is 9.71. The van der Waals surface area contributed by atoms with Crippen LogP contribution in [-0.4, -0.2) is 38.8 Å². The highest BCUT2D eigenvalue weighted by molar-refractivity contribution is 5.85. The summed E-state index contributed by atoms with van der Waals surface area (Å²) in [4.78, 5) is 4.46. The summed E-state index contributed by atoms with van der Waals surface area (Å²) in [7, 11) is 0. The molecule has 34 heavy (non-hydrogen) atoms. The molecule has 4 heteroatoms. The van der Waals surface area contributed by atoms with Gasteiger partial charge in [0.2, 0.25) is 0 Å². The van der Waals surface area contributed by atoms with Crippen LogP contribution in [0, 0.1) is 11.8 Å². The highest BCUT2D eigenvalue weighted by Gasteiger charge is 2.54. The molecule has 0 amide bonds. The second-order valence-corrected chi connectivity index (χ2v) is 10.2. The molecule has 172 valence electrons. The van der Waals surface area contributed by atoms with Crippen molar-refractivity contribution in [2.75, 3.05) is 13.1 Å². The molecule has 3 aliphatic heterocycles. The normalized spacial score (nSPS) is 27.1. The average molecular weight is 452 g/mol. The van der Waals surface area contributed by atoms with E-state index < -0.39 is 6.10 Å². The topological polar surface area (TPSA) is 53.4 Å². The molecule has 1 aromatic heterocycles. The number of aromatic hydroxyl groups is 1. The van der Waals surface area contributed by atoms with Gasteiger partial charge in [0.1, 0.15) is 24.4 Å². The van der Waals surface area contributed by atoms with Gasteiger partial charge in [-0.1, -0.05) is 48.5 Å². The van der Waals surface area contributed by atoms with E-state index in [0.29, 0.717) is 11.8 Å². The maximum absolute atomic E-state index is 11.9. The highest BCUT2D eigenvalue weighted by Crippen LogP contribution is 2.48. The number of piperidine rings is 3. The molecule has 3 aliphatic rings. The van der Waals surface area contributed by atoms with Gasteiger partial charge in [0.05, 0.1) is 18.6 Å². The van der Waals surface area contributed by atoms with Crippen molar-refractivity contribution in [3.63, 3.8) is 0 Å². The number of hydrogen-bond donors (Lipinski definition) is 2. The van der Waals surface area contributed by atoms with Gasteiger partial charge < -0.3 is 14.7 Å². The fourth-order valence-electron chi connectivity index (χ4n) is 6.77. The minimum absolute atomic E-state index is 0.0851. The number of phenols is 1. The van der Waals surface area contributed by atoms with Crippen LogP contribution in [0.5, 0.6) is 5.75 Å². The van der Waals surface area contributed by atoms with Crippen molar-refractivity contribution in [1.29, 1.82) is 0 Å². The number of pyridine rings is 1. The Morgan fingerprint density at radius 1 is 1.06 bits per heavy atom. The Labute approximate surface area is 200 Å². The summed E-state index contributed by atoms with van der Waals surface area (Å²) >= 11 is 0. The smallest absolute Gasteiger partial charge is 0.131 e. The van der Waals surface area contributed by atoms with Crippen LogP contribution in [-0.2, 0) is 6.54 Å². The molecule has 4 aromatic rings. The molecule has 0 aliphatic carbocycles. The van der Waals surface area contributed by atoms with Gasteiger partial charge >= 0.3 is 0 Å². The number of aliphatic hydroxyl groups excluding tert-OH is 1. The van der Waals surface area contributed by atoms with Gasteiger partial charge in [0, 0.05) is 35.9 Å². The Morgan fingerprint density at radius 2 is 1.91 bits per heavy atom. The lowest BCUT2D eigenvalue weighted by Crippen LogP contribution is -2.67. The van der Waals surface area contributed by atoms with Crippen LogP contribution in [0.4, 0.5) is 0 Å². The van der Waals surface area contributed by atoms with Gasteiger partial charge in [-0.25, -0.2) is 0 Å². The summed E-state index contributed by atoms with van der Waals surface area (Å²) in [5.74, 6) is 1.24. The molecule has 4 unspecified atom stereocenters. The number of hydrogen-bond acceptors (Lipinski definition) is 3. The van der Waals surface area contributed by atoms with E-state index in [1.165, 1.54) is 22.8 Å². The standard InChI is InChI=1S/C30H30N2O2/c1-2-20-18-32(19-23-8-5-7-21-6-3-4-9-25(21)23)15-13-22(20)16-29(32)30(34)26-12-14-31-28-11-10-24(33)17-27(26)28/h2-12,14,17,20,22,29-30,34H,1,13,15-16,18-19H2/p+1/t20?,22?,29?,30-,32?/m0/s1. The Morgan fingerprint density at radius 3 is 2.79 bits per heavy atom. The number of fused-ring (bicyclic) bond motifs is 5. The summed E-state index contributed by atoms with van der Waals surface area (Å²) in [6.45, 7) is 7.13. The minimum atomic E-state index is -0.629. The molecule has 3 saturated heterocycles. The van der Waals surface area contributed by atoms with Crippen LogP contribution in [0.1, 0.15) is 30.1 Å². The fraction of sp³-hybridized carbons (Fsp3) is 0.300. The first-order chi connectivity index (χ1) is 16.6. The molecule has 4 nitrogen and oxygen atoms in total. The Bertz CT molecular complexity index is 1380. The van der Waals surface area contributed by atoms with Crippen LogP contribution < -0.4 is 0 Å². The first-order valence-corrected chi connectivity index (χ1v) is 12.3. The number of quaternary nitrogens is 1. The zero-order chi connectivity index (χ0) is 23.3. The third-order valence-corrected chi connectivity index (χ3v) is 8.48. The Kier molecular flexibility index (Phi) is 5.16. The molecule has 2 bridgehead atoms. The molecule has 4 heterocycles. The van der Waals surface area contributed by atoms with Crippen molar-refractivity contribution in [2.24, 2.45) is 11.8 Å². The van der Waals surface area contributed by atoms with E-state index in [4.69, 9.17) is 0 Å². The zero-order valence-electron chi connectivity index (χ0n) is 19.3. The zero-order valence-corrected chi connectivity index (χ0v) is 19.3. The summed E-state index contributed by atoms with van der Waals surface area (Å²) in [5, 5.41) is 25.5. The maximum Gasteiger partial charge on any atom is 0.131 e. The van der Waals surface area contributed by atoms with E-state index in [1.54, 1.807) is 18.3 Å². The van der Waals surface area contributed by atoms with Crippen molar-refractivity contribution < 1.29 is 14.7 Å². The van der Waals surface area contributed by atoms with Gasteiger partial charge in [0.25, 0.3) is 0 Å². The van der Waals surface area contributed by atoms with Gasteiger partial charge in [-0.15, -0.1) is 6.58 Å². The Balaban J connectivity index is 1.45. The van der Waals surface area contributed by atoms with Crippen LogP contribution in [0.25, 0.3) is 21.7 Å². The van der Waals surface area contributed by atoms with Crippen molar-refractivity contribution in [3.8, 4) is 5.75 Å². The average Bonchev–Trinajstić information content (AvgIpc) is 2.88. The quantitative estimate of drug-likeness (QED) is 0.301. The van der Waals surface area contributed by atoms with Gasteiger partial charge in [-0.2, -0.15) is 0 Å². The minimum Gasteiger partial charge on any atom is -0.508 e. The lowest BCUT2D eigenvalue weighted by Gasteiger charge is -2.58. The number of rotatable bonds is 5. The fourth-order valence-corrected chi connectivity index (χ4v) is 6.77. The van der Waals surface area contributed by atoms with Crippen molar-refractivity contribution in [2.45, 2.75) is 31.5 Å². The summed E-state index contributed by atoms with van der Waals surface area (Å²) in [6.07, 6.45) is 5.43. The SMILES string of the molecule is C=CC1C[N+]2(Cc3cccc4ccccc34)CCC1CC2[C@@H](O)c1ccnc2ccc(O)cc12. The maximum atomic E-state index is 11.9. The largest absolute Gasteiger partial charge is 0.508 e. The van der Waals surface area contributed by atoms with Crippen molar-refractivity contribution in [1.82, 2.24) is 4.98 Å². The third kappa shape index (κ3) is 3.41. The summed E-state index contributed by atoms with van der Waals surface area (Å²) in [5.41, 5.74) is 3.01. The first-order valence-electron chi connectivity index (χ1n) is 12.3. The Hall–Kier alpha value is -3.21. The van der Waals surface area contributed by atoms with Crippen molar-refractivity contribution in [3.05, 3.63) is 96.7 Å². The van der Waals surface area contributed by atoms with Crippen LogP contribution >= 0.6 is 0 Å². The van der Waals surface area contributed by atoms with Gasteiger partial charge in [0.15, 0.2) is 0 Å².